The molecule has 20 heavy (non-hydrogen) atoms. The van der Waals surface area contributed by atoms with E-state index in [1.807, 2.05) is 0 Å². The van der Waals surface area contributed by atoms with Gasteiger partial charge in [0.25, 0.3) is 5.91 Å². The van der Waals surface area contributed by atoms with Crippen molar-refractivity contribution in [3.05, 3.63) is 46.5 Å². The van der Waals surface area contributed by atoms with Gasteiger partial charge < -0.3 is 19.9 Å². The maximum absolute atomic E-state index is 11.8. The summed E-state index contributed by atoms with van der Waals surface area (Å²) < 4.78 is 10.4. The van der Waals surface area contributed by atoms with Crippen molar-refractivity contribution in [1.82, 2.24) is 5.32 Å². The van der Waals surface area contributed by atoms with Gasteiger partial charge in [-0.25, -0.2) is 4.79 Å². The fourth-order valence-corrected chi connectivity index (χ4v) is 2.02. The van der Waals surface area contributed by atoms with Gasteiger partial charge in [-0.3, -0.25) is 4.79 Å². The van der Waals surface area contributed by atoms with Crippen molar-refractivity contribution in [3.8, 4) is 0 Å². The van der Waals surface area contributed by atoms with E-state index in [1.54, 1.807) is 24.5 Å². The molecule has 0 radical (unpaired) electrons. The normalized spacial score (nSPS) is 11.1. The zero-order chi connectivity index (χ0) is 14.1. The van der Waals surface area contributed by atoms with Crippen molar-refractivity contribution in [2.45, 2.75) is 0 Å². The standard InChI is InChI=1S/C14H12N2O4/c15-2-3-16-13(17)10-6-9-5-8-1-4-19-11(8)7-12(9)20-14(10)18/h1,4-7H,2-3,15H2,(H,16,17). The summed E-state index contributed by atoms with van der Waals surface area (Å²) in [7, 11) is 0. The van der Waals surface area contributed by atoms with Crippen LogP contribution in [0.1, 0.15) is 10.4 Å². The summed E-state index contributed by atoms with van der Waals surface area (Å²) >= 11 is 0. The number of benzene rings is 1. The molecule has 0 aliphatic heterocycles. The van der Waals surface area contributed by atoms with Gasteiger partial charge in [0.05, 0.1) is 6.26 Å². The van der Waals surface area contributed by atoms with E-state index < -0.39 is 11.5 Å². The van der Waals surface area contributed by atoms with Gasteiger partial charge in [-0.2, -0.15) is 0 Å². The van der Waals surface area contributed by atoms with Crippen LogP contribution in [0.25, 0.3) is 21.9 Å². The predicted octanol–water partition coefficient (Wildman–Crippen LogP) is 1.23. The van der Waals surface area contributed by atoms with E-state index in [0.29, 0.717) is 29.6 Å². The lowest BCUT2D eigenvalue weighted by atomic mass is 10.1. The number of furan rings is 1. The van der Waals surface area contributed by atoms with Crippen molar-refractivity contribution in [1.29, 1.82) is 0 Å². The van der Waals surface area contributed by atoms with Crippen LogP contribution in [-0.2, 0) is 0 Å². The Morgan fingerprint density at radius 1 is 1.20 bits per heavy atom. The Labute approximate surface area is 113 Å². The minimum absolute atomic E-state index is 0.0335. The van der Waals surface area contributed by atoms with Crippen LogP contribution >= 0.6 is 0 Å². The predicted molar refractivity (Wildman–Crippen MR) is 73.6 cm³/mol. The average molecular weight is 272 g/mol. The molecule has 0 aliphatic rings. The molecule has 0 aliphatic carbocycles. The van der Waals surface area contributed by atoms with Crippen LogP contribution in [-0.4, -0.2) is 19.0 Å². The molecular formula is C14H12N2O4. The monoisotopic (exact) mass is 272 g/mol. The van der Waals surface area contributed by atoms with Crippen LogP contribution in [0.15, 0.2) is 44.2 Å². The van der Waals surface area contributed by atoms with Gasteiger partial charge >= 0.3 is 5.63 Å². The van der Waals surface area contributed by atoms with Gasteiger partial charge in [-0.15, -0.1) is 0 Å². The van der Waals surface area contributed by atoms with E-state index in [1.165, 1.54) is 6.07 Å². The summed E-state index contributed by atoms with van der Waals surface area (Å²) in [6, 6.07) is 6.75. The third-order valence-electron chi connectivity index (χ3n) is 2.98. The van der Waals surface area contributed by atoms with Crippen LogP contribution in [0.2, 0.25) is 0 Å². The van der Waals surface area contributed by atoms with Crippen LogP contribution < -0.4 is 16.7 Å². The Bertz CT molecular complexity index is 847. The summed E-state index contributed by atoms with van der Waals surface area (Å²) in [5.74, 6) is -0.488. The van der Waals surface area contributed by atoms with Crippen molar-refractivity contribution in [2.24, 2.45) is 5.73 Å². The van der Waals surface area contributed by atoms with E-state index in [0.717, 1.165) is 5.39 Å². The number of fused-ring (bicyclic) bond motifs is 2. The Balaban J connectivity index is 2.14. The summed E-state index contributed by atoms with van der Waals surface area (Å²) in [4.78, 5) is 23.7. The molecule has 0 bridgehead atoms. The maximum atomic E-state index is 11.8. The molecule has 6 nitrogen and oxygen atoms in total. The maximum Gasteiger partial charge on any atom is 0.349 e. The number of hydrogen-bond acceptors (Lipinski definition) is 5. The van der Waals surface area contributed by atoms with E-state index >= 15 is 0 Å². The number of amides is 1. The smallest absolute Gasteiger partial charge is 0.349 e. The molecule has 3 rings (SSSR count). The molecular weight excluding hydrogens is 260 g/mol. The number of carbonyl (C=O) groups excluding carboxylic acids is 1. The van der Waals surface area contributed by atoms with E-state index in [-0.39, 0.29) is 5.56 Å². The second-order valence-corrected chi connectivity index (χ2v) is 4.34. The van der Waals surface area contributed by atoms with Gasteiger partial charge in [-0.05, 0) is 18.2 Å². The topological polar surface area (TPSA) is 98.5 Å². The molecule has 0 spiro atoms. The summed E-state index contributed by atoms with van der Waals surface area (Å²) in [5, 5.41) is 4.08. The lowest BCUT2D eigenvalue weighted by Crippen LogP contribution is -2.32. The molecule has 3 aromatic rings. The van der Waals surface area contributed by atoms with Gasteiger partial charge in [0.1, 0.15) is 16.7 Å². The first-order chi connectivity index (χ1) is 9.69. The molecule has 1 aromatic carbocycles. The Morgan fingerprint density at radius 3 is 2.85 bits per heavy atom. The number of rotatable bonds is 3. The van der Waals surface area contributed by atoms with Crippen molar-refractivity contribution < 1.29 is 13.6 Å². The first-order valence-electron chi connectivity index (χ1n) is 6.12. The second kappa shape index (κ2) is 4.82. The van der Waals surface area contributed by atoms with Crippen LogP contribution in [0, 0.1) is 0 Å². The van der Waals surface area contributed by atoms with Crippen LogP contribution in [0.4, 0.5) is 0 Å². The quantitative estimate of drug-likeness (QED) is 0.699. The highest BCUT2D eigenvalue weighted by Gasteiger charge is 2.14. The van der Waals surface area contributed by atoms with E-state index in [9.17, 15) is 9.59 Å². The molecule has 2 aromatic heterocycles. The second-order valence-electron chi connectivity index (χ2n) is 4.34. The van der Waals surface area contributed by atoms with Gasteiger partial charge in [0, 0.05) is 29.9 Å². The van der Waals surface area contributed by atoms with Gasteiger partial charge in [0.15, 0.2) is 0 Å². The lowest BCUT2D eigenvalue weighted by molar-refractivity contribution is 0.0951. The van der Waals surface area contributed by atoms with Crippen molar-refractivity contribution >= 4 is 27.8 Å². The van der Waals surface area contributed by atoms with Crippen LogP contribution in [0.3, 0.4) is 0 Å². The van der Waals surface area contributed by atoms with Crippen LogP contribution in [0.5, 0.6) is 0 Å². The third kappa shape index (κ3) is 2.06. The molecule has 1 amide bonds. The highest BCUT2D eigenvalue weighted by atomic mass is 16.4. The Morgan fingerprint density at radius 2 is 2.05 bits per heavy atom. The number of nitrogens with one attached hydrogen (secondary N) is 1. The van der Waals surface area contributed by atoms with E-state index in [2.05, 4.69) is 5.32 Å². The molecule has 0 fully saturated rings. The lowest BCUT2D eigenvalue weighted by Gasteiger charge is -2.03. The minimum Gasteiger partial charge on any atom is -0.464 e. The summed E-state index contributed by atoms with van der Waals surface area (Å²) in [5.41, 5.74) is 5.60. The highest BCUT2D eigenvalue weighted by Crippen LogP contribution is 2.23. The largest absolute Gasteiger partial charge is 0.464 e. The molecule has 0 saturated heterocycles. The zero-order valence-corrected chi connectivity index (χ0v) is 10.5. The Hall–Kier alpha value is -2.60. The molecule has 0 saturated carbocycles. The fraction of sp³-hybridized carbons (Fsp3) is 0.143. The van der Waals surface area contributed by atoms with Crippen molar-refractivity contribution in [2.75, 3.05) is 13.1 Å². The number of carbonyl (C=O) groups is 1. The fourth-order valence-electron chi connectivity index (χ4n) is 2.02. The third-order valence-corrected chi connectivity index (χ3v) is 2.98. The SMILES string of the molecule is NCCNC(=O)c1cc2cc3ccoc3cc2oc1=O. The summed E-state index contributed by atoms with van der Waals surface area (Å²) in [6.07, 6.45) is 1.55. The first-order valence-corrected chi connectivity index (χ1v) is 6.12. The molecule has 6 heteroatoms. The molecule has 102 valence electrons. The average Bonchev–Trinajstić information content (AvgIpc) is 2.88. The summed E-state index contributed by atoms with van der Waals surface area (Å²) in [6.45, 7) is 0.609. The molecule has 0 atom stereocenters. The molecule has 3 N–H and O–H groups in total. The van der Waals surface area contributed by atoms with Gasteiger partial charge in [0.2, 0.25) is 0 Å². The number of nitrogens with two attached hydrogens (primary N) is 1. The first kappa shape index (κ1) is 12.4. The van der Waals surface area contributed by atoms with Gasteiger partial charge in [-0.1, -0.05) is 0 Å². The number of hydrogen-bond donors (Lipinski definition) is 2. The molecule has 0 unspecified atom stereocenters. The highest BCUT2D eigenvalue weighted by molar-refractivity contribution is 5.99. The zero-order valence-electron chi connectivity index (χ0n) is 10.5. The minimum atomic E-state index is -0.682. The molecule has 2 heterocycles. The van der Waals surface area contributed by atoms with E-state index in [4.69, 9.17) is 14.6 Å². The Kier molecular flexibility index (Phi) is 3.00. The van der Waals surface area contributed by atoms with Crippen molar-refractivity contribution in [3.63, 3.8) is 0 Å².